The van der Waals surface area contributed by atoms with Gasteiger partial charge in [-0.25, -0.2) is 0 Å². The molecule has 0 radical (unpaired) electrons. The average Bonchev–Trinajstić information content (AvgIpc) is 2.92. The Morgan fingerprint density at radius 2 is 1.36 bits per heavy atom. The van der Waals surface area contributed by atoms with E-state index in [1.165, 1.54) is 30.9 Å². The van der Waals surface area contributed by atoms with Crippen molar-refractivity contribution in [3.8, 4) is 5.75 Å². The maximum Gasteiger partial charge on any atom is 0.322 e. The molecule has 42 heavy (non-hydrogen) atoms. The van der Waals surface area contributed by atoms with Gasteiger partial charge in [-0.15, -0.1) is 0 Å². The fraction of sp³-hybridized carbons (Fsp3) is 0.286. The number of ether oxygens (including phenoxy) is 1. The second-order valence-electron chi connectivity index (χ2n) is 9.47. The second-order valence-corrected chi connectivity index (χ2v) is 9.47. The Morgan fingerprint density at radius 1 is 0.857 bits per heavy atom. The molecule has 0 spiro atoms. The van der Waals surface area contributed by atoms with Crippen LogP contribution in [0.25, 0.3) is 0 Å². The van der Waals surface area contributed by atoms with Gasteiger partial charge < -0.3 is 35.2 Å². The first-order valence-corrected chi connectivity index (χ1v) is 12.5. The highest BCUT2D eigenvalue weighted by atomic mass is 16.6. The van der Waals surface area contributed by atoms with E-state index in [0.29, 0.717) is 5.75 Å². The molecule has 5 N–H and O–H groups in total. The maximum atomic E-state index is 12.3. The van der Waals surface area contributed by atoms with Crippen molar-refractivity contribution in [2.45, 2.75) is 25.9 Å². The van der Waals surface area contributed by atoms with Crippen molar-refractivity contribution >= 4 is 29.6 Å². The van der Waals surface area contributed by atoms with Gasteiger partial charge in [0.25, 0.3) is 5.69 Å². The summed E-state index contributed by atoms with van der Waals surface area (Å²) in [4.78, 5) is 61.2. The zero-order valence-corrected chi connectivity index (χ0v) is 22.4. The normalized spacial score (nSPS) is 14.7. The van der Waals surface area contributed by atoms with E-state index >= 15 is 0 Å². The highest BCUT2D eigenvalue weighted by Gasteiger charge is 2.48. The minimum absolute atomic E-state index is 0.0177. The molecule has 3 rings (SSSR count). The molecule has 1 aliphatic rings. The van der Waals surface area contributed by atoms with Gasteiger partial charge in [0.2, 0.25) is 0 Å². The van der Waals surface area contributed by atoms with Crippen LogP contribution in [0.2, 0.25) is 0 Å². The van der Waals surface area contributed by atoms with E-state index in [-0.39, 0.29) is 30.1 Å². The van der Waals surface area contributed by atoms with Gasteiger partial charge in [-0.05, 0) is 42.7 Å². The fourth-order valence-corrected chi connectivity index (χ4v) is 5.07. The van der Waals surface area contributed by atoms with E-state index in [9.17, 15) is 54.8 Å². The Kier molecular flexibility index (Phi) is 9.65. The molecule has 1 unspecified atom stereocenters. The molecule has 0 aliphatic carbocycles. The summed E-state index contributed by atoms with van der Waals surface area (Å²) in [5, 5.41) is 62.1. The Morgan fingerprint density at radius 3 is 1.81 bits per heavy atom. The smallest absolute Gasteiger partial charge is 0.322 e. The van der Waals surface area contributed by atoms with Crippen LogP contribution in [0.15, 0.2) is 77.1 Å². The molecule has 0 saturated carbocycles. The molecule has 0 saturated heterocycles. The minimum Gasteiger partial charge on any atom is -0.491 e. The number of hydrogen-bond donors (Lipinski definition) is 5. The van der Waals surface area contributed by atoms with Crippen molar-refractivity contribution in [2.75, 3.05) is 13.2 Å². The number of allylic oxidation sites excluding steroid dienone is 2. The summed E-state index contributed by atoms with van der Waals surface area (Å²) in [5.74, 6) is -13.1. The molecule has 14 nitrogen and oxygen atoms in total. The number of aliphatic carboxylic acids is 4. The summed E-state index contributed by atoms with van der Waals surface area (Å²) in [6.45, 7) is 2.06. The van der Waals surface area contributed by atoms with Crippen LogP contribution in [0.4, 0.5) is 5.69 Å². The topological polar surface area (TPSA) is 225 Å². The number of nitro groups is 1. The Labute approximate surface area is 238 Å². The lowest BCUT2D eigenvalue weighted by atomic mass is 9.70. The quantitative estimate of drug-likeness (QED) is 0.130. The number of nitrogens with zero attached hydrogens (tertiary/aromatic N) is 2. The number of para-hydroxylation sites is 1. The van der Waals surface area contributed by atoms with Gasteiger partial charge in [0.05, 0.1) is 11.5 Å². The van der Waals surface area contributed by atoms with Gasteiger partial charge in [-0.1, -0.05) is 30.3 Å². The van der Waals surface area contributed by atoms with E-state index in [1.807, 2.05) is 0 Å². The van der Waals surface area contributed by atoms with Crippen molar-refractivity contribution in [3.05, 3.63) is 92.8 Å². The van der Waals surface area contributed by atoms with Crippen LogP contribution in [-0.2, 0) is 19.2 Å². The molecule has 222 valence electrons. The van der Waals surface area contributed by atoms with Gasteiger partial charge in [0.15, 0.2) is 11.8 Å². The van der Waals surface area contributed by atoms with Crippen molar-refractivity contribution in [1.82, 2.24) is 4.90 Å². The number of rotatable bonds is 13. The molecule has 1 heterocycles. The molecule has 14 heteroatoms. The number of aliphatic hydroxyl groups excluding tert-OH is 1. The molecule has 2 aromatic carbocycles. The third-order valence-electron chi connectivity index (χ3n) is 6.87. The number of carbonyl (C=O) groups is 4. The van der Waals surface area contributed by atoms with Crippen LogP contribution in [0.5, 0.6) is 5.75 Å². The monoisotopic (exact) mass is 584 g/mol. The lowest BCUT2D eigenvalue weighted by Gasteiger charge is -2.42. The zero-order valence-electron chi connectivity index (χ0n) is 22.4. The third kappa shape index (κ3) is 6.55. The molecule has 0 fully saturated rings. The maximum absolute atomic E-state index is 12.3. The van der Waals surface area contributed by atoms with Gasteiger partial charge in [0.1, 0.15) is 18.5 Å². The second kappa shape index (κ2) is 13.0. The number of aliphatic hydroxyl groups is 1. The van der Waals surface area contributed by atoms with E-state index in [4.69, 9.17) is 4.74 Å². The standard InChI is InChI=1S/C28H28N2O12/c1-14-20(23(25(32)33)26(34)35)22(16-7-6-8-17(11-16)30(40)41)21(24(27(36)37)28(38)39)15(2)29(14)12-18(31)13-42-19-9-4-3-5-10-19/h3-11,18,22-24,31H,12-13H2,1-2H3,(H,32,33)(H,34,35)(H,36,37)(H,38,39). The zero-order chi connectivity index (χ0) is 31.3. The SMILES string of the molecule is CC1=C(C(C(=O)O)C(=O)O)C(c2cccc([N+](=O)[O-])c2)C(C(C(=O)O)C(=O)O)=C(C)N1CC(O)COc1ccccc1. The summed E-state index contributed by atoms with van der Waals surface area (Å²) < 4.78 is 5.56. The average molecular weight is 585 g/mol. The van der Waals surface area contributed by atoms with Crippen molar-refractivity contribution in [3.63, 3.8) is 0 Å². The molecule has 1 atom stereocenters. The van der Waals surface area contributed by atoms with Gasteiger partial charge in [0, 0.05) is 29.4 Å². The lowest BCUT2D eigenvalue weighted by Crippen LogP contribution is -2.43. The Balaban J connectivity index is 2.28. The summed E-state index contributed by atoms with van der Waals surface area (Å²) in [6.07, 6.45) is -1.30. The molecule has 1 aliphatic heterocycles. The van der Waals surface area contributed by atoms with Crippen molar-refractivity contribution in [1.29, 1.82) is 0 Å². The summed E-state index contributed by atoms with van der Waals surface area (Å²) in [6, 6.07) is 13.1. The Bertz CT molecular complexity index is 1380. The van der Waals surface area contributed by atoms with Crippen molar-refractivity contribution in [2.24, 2.45) is 11.8 Å². The fourth-order valence-electron chi connectivity index (χ4n) is 5.07. The highest BCUT2D eigenvalue weighted by Crippen LogP contribution is 2.48. The number of hydrogen-bond acceptors (Lipinski definition) is 9. The van der Waals surface area contributed by atoms with Gasteiger partial charge in [-0.3, -0.25) is 29.3 Å². The first-order valence-electron chi connectivity index (χ1n) is 12.5. The van der Waals surface area contributed by atoms with E-state index in [2.05, 4.69) is 0 Å². The van der Waals surface area contributed by atoms with Gasteiger partial charge in [-0.2, -0.15) is 0 Å². The van der Waals surface area contributed by atoms with Gasteiger partial charge >= 0.3 is 23.9 Å². The molecule has 2 aromatic rings. The number of benzene rings is 2. The lowest BCUT2D eigenvalue weighted by molar-refractivity contribution is -0.384. The summed E-state index contributed by atoms with van der Waals surface area (Å²) in [7, 11) is 0. The van der Waals surface area contributed by atoms with Crippen molar-refractivity contribution < 1.29 is 54.4 Å². The largest absolute Gasteiger partial charge is 0.491 e. The number of β-amino-alcohol motifs (C(OH)–C–C–N with tert-alkyl or cyclic N) is 1. The summed E-state index contributed by atoms with van der Waals surface area (Å²) >= 11 is 0. The molecule has 0 aromatic heterocycles. The number of carboxylic acids is 4. The predicted octanol–water partition coefficient (Wildman–Crippen LogP) is 2.55. The predicted molar refractivity (Wildman–Crippen MR) is 143 cm³/mol. The highest BCUT2D eigenvalue weighted by molar-refractivity contribution is 5.99. The van der Waals surface area contributed by atoms with E-state index in [0.717, 1.165) is 12.1 Å². The number of nitro benzene ring substituents is 1. The van der Waals surface area contributed by atoms with Crippen LogP contribution in [0.1, 0.15) is 25.3 Å². The first kappa shape index (κ1) is 31.3. The third-order valence-corrected chi connectivity index (χ3v) is 6.87. The Hall–Kier alpha value is -5.24. The van der Waals surface area contributed by atoms with Crippen LogP contribution >= 0.6 is 0 Å². The molecular weight excluding hydrogens is 556 g/mol. The summed E-state index contributed by atoms with van der Waals surface area (Å²) in [5.41, 5.74) is -1.42. The first-order chi connectivity index (χ1) is 19.8. The number of carboxylic acid groups (broad SMARTS) is 4. The number of non-ortho nitro benzene ring substituents is 1. The van der Waals surface area contributed by atoms with Crippen LogP contribution in [0.3, 0.4) is 0 Å². The van der Waals surface area contributed by atoms with Crippen LogP contribution in [-0.4, -0.2) is 78.5 Å². The van der Waals surface area contributed by atoms with Crippen LogP contribution < -0.4 is 4.74 Å². The molecule has 0 amide bonds. The van der Waals surface area contributed by atoms with E-state index < -0.39 is 69.5 Å². The van der Waals surface area contributed by atoms with E-state index in [1.54, 1.807) is 30.3 Å². The van der Waals surface area contributed by atoms with Crippen LogP contribution in [0, 0.1) is 22.0 Å². The minimum atomic E-state index is -2.30. The molecule has 0 bridgehead atoms. The molecular formula is C28H28N2O12.